The smallest absolute Gasteiger partial charge is 0.223 e. The van der Waals surface area contributed by atoms with Gasteiger partial charge in [-0.1, -0.05) is 19.1 Å². The van der Waals surface area contributed by atoms with Gasteiger partial charge in [-0.25, -0.2) is 4.98 Å². The van der Waals surface area contributed by atoms with E-state index in [0.29, 0.717) is 30.8 Å². The molecule has 0 saturated carbocycles. The van der Waals surface area contributed by atoms with Crippen LogP contribution in [0.15, 0.2) is 28.7 Å². The number of carbonyl (C=O) groups is 1. The number of nitrogens with zero attached hydrogens (tertiary/aromatic N) is 3. The molecular formula is C20H27N3O2. The van der Waals surface area contributed by atoms with Crippen LogP contribution in [0.1, 0.15) is 44.9 Å². The Labute approximate surface area is 149 Å². The van der Waals surface area contributed by atoms with Crippen LogP contribution in [-0.2, 0) is 11.2 Å². The normalized spacial score (nSPS) is 24.4. The molecule has 2 saturated heterocycles. The van der Waals surface area contributed by atoms with E-state index in [-0.39, 0.29) is 5.91 Å². The van der Waals surface area contributed by atoms with Gasteiger partial charge in [0.25, 0.3) is 0 Å². The number of carbonyl (C=O) groups excluding carboxylic acids is 1. The number of hydrogen-bond donors (Lipinski definition) is 0. The minimum absolute atomic E-state index is 0.257. The number of para-hydroxylation sites is 2. The molecule has 25 heavy (non-hydrogen) atoms. The lowest BCUT2D eigenvalue weighted by Crippen LogP contribution is -2.48. The molecule has 0 spiro atoms. The van der Waals surface area contributed by atoms with E-state index in [1.54, 1.807) is 0 Å². The predicted molar refractivity (Wildman–Crippen MR) is 97.3 cm³/mol. The van der Waals surface area contributed by atoms with Gasteiger partial charge in [-0.2, -0.15) is 0 Å². The summed E-state index contributed by atoms with van der Waals surface area (Å²) in [5.41, 5.74) is 1.67. The summed E-state index contributed by atoms with van der Waals surface area (Å²) in [6, 6.07) is 8.72. The van der Waals surface area contributed by atoms with Crippen molar-refractivity contribution in [2.24, 2.45) is 0 Å². The molecule has 2 atom stereocenters. The summed E-state index contributed by atoms with van der Waals surface area (Å²) in [6.45, 7) is 5.41. The average Bonchev–Trinajstić information content (AvgIpc) is 3.36. The molecule has 2 aromatic rings. The molecule has 1 amide bonds. The first-order valence-electron chi connectivity index (χ1n) is 9.64. The second-order valence-electron chi connectivity index (χ2n) is 7.21. The molecule has 3 heterocycles. The van der Waals surface area contributed by atoms with Gasteiger partial charge in [0.05, 0.1) is 0 Å². The number of rotatable bonds is 5. The van der Waals surface area contributed by atoms with Crippen LogP contribution < -0.4 is 0 Å². The number of likely N-dealkylation sites (tertiary alicyclic amines) is 2. The van der Waals surface area contributed by atoms with Crippen LogP contribution in [0.25, 0.3) is 11.1 Å². The molecule has 0 N–H and O–H groups in total. The minimum atomic E-state index is 0.257. The van der Waals surface area contributed by atoms with Gasteiger partial charge in [0.15, 0.2) is 11.5 Å². The van der Waals surface area contributed by atoms with E-state index in [0.717, 1.165) is 37.0 Å². The van der Waals surface area contributed by atoms with Crippen LogP contribution in [0.2, 0.25) is 0 Å². The number of amides is 1. The van der Waals surface area contributed by atoms with Crippen molar-refractivity contribution in [3.63, 3.8) is 0 Å². The van der Waals surface area contributed by atoms with Crippen LogP contribution in [0, 0.1) is 0 Å². The molecule has 0 aliphatic carbocycles. The summed E-state index contributed by atoms with van der Waals surface area (Å²) in [5.74, 6) is 0.925. The first kappa shape index (κ1) is 16.6. The predicted octanol–water partition coefficient (Wildman–Crippen LogP) is 3.24. The second-order valence-corrected chi connectivity index (χ2v) is 7.21. The number of likely N-dealkylation sites (N-methyl/N-ethyl adjacent to an activating group) is 1. The highest BCUT2D eigenvalue weighted by atomic mass is 16.3. The highest BCUT2D eigenvalue weighted by Crippen LogP contribution is 2.30. The van der Waals surface area contributed by atoms with Crippen LogP contribution in [0.5, 0.6) is 0 Å². The Hall–Kier alpha value is -1.88. The highest BCUT2D eigenvalue weighted by molar-refractivity contribution is 5.77. The first-order chi connectivity index (χ1) is 12.3. The van der Waals surface area contributed by atoms with Crippen molar-refractivity contribution in [2.45, 2.75) is 57.5 Å². The third-order valence-corrected chi connectivity index (χ3v) is 5.78. The maximum atomic E-state index is 12.8. The van der Waals surface area contributed by atoms with E-state index >= 15 is 0 Å². The van der Waals surface area contributed by atoms with Crippen molar-refractivity contribution in [3.8, 4) is 0 Å². The molecule has 134 valence electrons. The largest absolute Gasteiger partial charge is 0.441 e. The third kappa shape index (κ3) is 3.30. The van der Waals surface area contributed by atoms with E-state index < -0.39 is 0 Å². The maximum absolute atomic E-state index is 12.8. The highest BCUT2D eigenvalue weighted by Gasteiger charge is 2.38. The molecular weight excluding hydrogens is 314 g/mol. The second kappa shape index (κ2) is 7.16. The van der Waals surface area contributed by atoms with Crippen molar-refractivity contribution < 1.29 is 9.21 Å². The topological polar surface area (TPSA) is 49.6 Å². The average molecular weight is 341 g/mol. The van der Waals surface area contributed by atoms with Crippen LogP contribution in [0.4, 0.5) is 0 Å². The third-order valence-electron chi connectivity index (χ3n) is 5.78. The molecule has 2 aliphatic heterocycles. The molecule has 0 radical (unpaired) electrons. The summed E-state index contributed by atoms with van der Waals surface area (Å²) < 4.78 is 5.75. The van der Waals surface area contributed by atoms with Gasteiger partial charge in [-0.05, 0) is 50.9 Å². The number of aromatic nitrogens is 1. The van der Waals surface area contributed by atoms with Gasteiger partial charge in [0.1, 0.15) is 5.52 Å². The number of aryl methyl sites for hydroxylation is 1. The maximum Gasteiger partial charge on any atom is 0.223 e. The SMILES string of the molecule is CCN1CCC[C@H]1[C@@H]1CCCN1C(=O)CCc1nc2ccccc2o1. The van der Waals surface area contributed by atoms with E-state index in [4.69, 9.17) is 4.42 Å². The van der Waals surface area contributed by atoms with Gasteiger partial charge < -0.3 is 9.32 Å². The van der Waals surface area contributed by atoms with Gasteiger partial charge in [-0.15, -0.1) is 0 Å². The Balaban J connectivity index is 1.39. The van der Waals surface area contributed by atoms with Gasteiger partial charge in [0.2, 0.25) is 5.91 Å². The zero-order chi connectivity index (χ0) is 17.2. The quantitative estimate of drug-likeness (QED) is 0.838. The fourth-order valence-corrected chi connectivity index (χ4v) is 4.57. The summed E-state index contributed by atoms with van der Waals surface area (Å²) >= 11 is 0. The van der Waals surface area contributed by atoms with Crippen molar-refractivity contribution >= 4 is 17.0 Å². The molecule has 4 rings (SSSR count). The van der Waals surface area contributed by atoms with E-state index in [1.807, 2.05) is 24.3 Å². The number of fused-ring (bicyclic) bond motifs is 1. The fraction of sp³-hybridized carbons (Fsp3) is 0.600. The molecule has 1 aromatic heterocycles. The monoisotopic (exact) mass is 341 g/mol. The molecule has 0 bridgehead atoms. The van der Waals surface area contributed by atoms with E-state index in [2.05, 4.69) is 21.7 Å². The molecule has 2 aliphatic rings. The van der Waals surface area contributed by atoms with Crippen LogP contribution in [0.3, 0.4) is 0 Å². The van der Waals surface area contributed by atoms with Crippen LogP contribution in [-0.4, -0.2) is 52.4 Å². The lowest BCUT2D eigenvalue weighted by molar-refractivity contribution is -0.133. The zero-order valence-electron chi connectivity index (χ0n) is 15.0. The molecule has 5 nitrogen and oxygen atoms in total. The Morgan fingerprint density at radius 1 is 1.20 bits per heavy atom. The number of benzene rings is 1. The lowest BCUT2D eigenvalue weighted by atomic mass is 10.0. The van der Waals surface area contributed by atoms with Gasteiger partial charge in [0, 0.05) is 31.5 Å². The summed E-state index contributed by atoms with van der Waals surface area (Å²) in [4.78, 5) is 22.0. The first-order valence-corrected chi connectivity index (χ1v) is 9.64. The minimum Gasteiger partial charge on any atom is -0.441 e. The Morgan fingerprint density at radius 3 is 2.84 bits per heavy atom. The zero-order valence-corrected chi connectivity index (χ0v) is 15.0. The molecule has 0 unspecified atom stereocenters. The Bertz CT molecular complexity index is 708. The standard InChI is InChI=1S/C20H27N3O2/c1-2-22-13-5-8-16(22)17-9-6-14-23(17)20(24)12-11-19-21-15-7-3-4-10-18(15)25-19/h3-4,7,10,16-17H,2,5-6,8-9,11-14H2,1H3/t16-,17-/m0/s1. The summed E-state index contributed by atoms with van der Waals surface area (Å²) in [7, 11) is 0. The van der Waals surface area contributed by atoms with Crippen molar-refractivity contribution in [2.75, 3.05) is 19.6 Å². The van der Waals surface area contributed by atoms with Gasteiger partial charge >= 0.3 is 0 Å². The molecule has 1 aromatic carbocycles. The van der Waals surface area contributed by atoms with Crippen molar-refractivity contribution in [1.82, 2.24) is 14.8 Å². The van der Waals surface area contributed by atoms with Crippen molar-refractivity contribution in [3.05, 3.63) is 30.2 Å². The van der Waals surface area contributed by atoms with Gasteiger partial charge in [-0.3, -0.25) is 9.69 Å². The van der Waals surface area contributed by atoms with E-state index in [1.165, 1.54) is 19.4 Å². The lowest BCUT2D eigenvalue weighted by Gasteiger charge is -2.34. The molecule has 2 fully saturated rings. The fourth-order valence-electron chi connectivity index (χ4n) is 4.57. The summed E-state index contributed by atoms with van der Waals surface area (Å²) in [6.07, 6.45) is 5.84. The Kier molecular flexibility index (Phi) is 4.75. The van der Waals surface area contributed by atoms with Crippen molar-refractivity contribution in [1.29, 1.82) is 0 Å². The van der Waals surface area contributed by atoms with Crippen LogP contribution >= 0.6 is 0 Å². The summed E-state index contributed by atoms with van der Waals surface area (Å²) in [5, 5.41) is 0. The van der Waals surface area contributed by atoms with E-state index in [9.17, 15) is 4.79 Å². The number of hydrogen-bond acceptors (Lipinski definition) is 4. The Morgan fingerprint density at radius 2 is 2.00 bits per heavy atom. The number of oxazole rings is 1. The molecule has 5 heteroatoms.